The fourth-order valence-electron chi connectivity index (χ4n) is 14.7. The number of ether oxygens (including phenoxy) is 6. The minimum absolute atomic E-state index is 0.0163. The van der Waals surface area contributed by atoms with Crippen molar-refractivity contribution in [2.45, 2.75) is 198 Å². The average Bonchev–Trinajstić information content (AvgIpc) is 3.25. The first kappa shape index (κ1) is 50.0. The minimum Gasteiger partial charge on any atom is -0.481 e. The van der Waals surface area contributed by atoms with Gasteiger partial charge >= 0.3 is 5.97 Å². The molecule has 5 aliphatic carbocycles. The lowest BCUT2D eigenvalue weighted by molar-refractivity contribution is -0.347. The molecule has 65 heavy (non-hydrogen) atoms. The lowest BCUT2D eigenvalue weighted by atomic mass is 9.33. The zero-order valence-corrected chi connectivity index (χ0v) is 38.6. The second kappa shape index (κ2) is 17.8. The van der Waals surface area contributed by atoms with Crippen LogP contribution < -0.4 is 0 Å². The summed E-state index contributed by atoms with van der Waals surface area (Å²) < 4.78 is 36.1. The molecule has 18 heteroatoms. The lowest BCUT2D eigenvalue weighted by Crippen LogP contribution is -2.67. The molecule has 0 radical (unpaired) electrons. The first-order valence-corrected chi connectivity index (χ1v) is 23.9. The molecule has 23 atom stereocenters. The molecule has 0 unspecified atom stereocenters. The van der Waals surface area contributed by atoms with Crippen LogP contribution in [0.25, 0.3) is 0 Å². The van der Waals surface area contributed by atoms with E-state index in [9.17, 15) is 61.0 Å². The zero-order valence-electron chi connectivity index (χ0n) is 38.6. The van der Waals surface area contributed by atoms with E-state index in [4.69, 9.17) is 28.4 Å². The van der Waals surface area contributed by atoms with Crippen molar-refractivity contribution in [2.24, 2.45) is 50.2 Å². The molecule has 11 N–H and O–H groups in total. The molecule has 0 amide bonds. The number of allylic oxidation sites excluding steroid dienone is 2. The lowest BCUT2D eigenvalue weighted by Gasteiger charge is -2.71. The molecular weight excluding hydrogens is 852 g/mol. The molecule has 3 heterocycles. The summed E-state index contributed by atoms with van der Waals surface area (Å²) in [5.41, 5.74) is -1.23. The molecule has 3 saturated heterocycles. The number of hydrogen-bond acceptors (Lipinski definition) is 17. The first-order valence-electron chi connectivity index (χ1n) is 23.9. The quantitative estimate of drug-likeness (QED) is 0.104. The van der Waals surface area contributed by atoms with Crippen molar-refractivity contribution in [3.63, 3.8) is 0 Å². The van der Waals surface area contributed by atoms with Gasteiger partial charge in [-0.3, -0.25) is 4.79 Å². The molecule has 18 nitrogen and oxygen atoms in total. The maximum absolute atomic E-state index is 13.2. The fourth-order valence-corrected chi connectivity index (χ4v) is 14.7. The Morgan fingerprint density at radius 1 is 0.692 bits per heavy atom. The van der Waals surface area contributed by atoms with Crippen LogP contribution in [0.3, 0.4) is 0 Å². The monoisotopic (exact) mass is 929 g/mol. The summed E-state index contributed by atoms with van der Waals surface area (Å²) in [4.78, 5) is 13.2. The van der Waals surface area contributed by atoms with E-state index in [1.54, 1.807) is 0 Å². The molecule has 0 spiro atoms. The second-order valence-corrected chi connectivity index (χ2v) is 23.0. The number of aliphatic carboxylic acids is 1. The predicted molar refractivity (Wildman–Crippen MR) is 226 cm³/mol. The number of fused-ring (bicyclic) bond motifs is 7. The molecule has 0 aromatic heterocycles. The summed E-state index contributed by atoms with van der Waals surface area (Å²) >= 11 is 0. The van der Waals surface area contributed by atoms with Crippen molar-refractivity contribution >= 4 is 5.97 Å². The molecule has 8 rings (SSSR count). The molecule has 3 aliphatic heterocycles. The van der Waals surface area contributed by atoms with E-state index in [0.29, 0.717) is 32.1 Å². The van der Waals surface area contributed by atoms with Crippen LogP contribution in [-0.4, -0.2) is 181 Å². The van der Waals surface area contributed by atoms with Crippen LogP contribution in [0, 0.1) is 50.2 Å². The Hall–Kier alpha value is -1.43. The van der Waals surface area contributed by atoms with Gasteiger partial charge in [0.15, 0.2) is 18.9 Å². The first-order chi connectivity index (χ1) is 30.4. The normalized spacial score (nSPS) is 54.3. The number of hydrogen-bond donors (Lipinski definition) is 11. The Labute approximate surface area is 380 Å². The van der Waals surface area contributed by atoms with Crippen molar-refractivity contribution in [1.82, 2.24) is 0 Å². The second-order valence-electron chi connectivity index (χ2n) is 23.0. The van der Waals surface area contributed by atoms with Crippen LogP contribution in [0.2, 0.25) is 0 Å². The maximum Gasteiger partial charge on any atom is 0.310 e. The van der Waals surface area contributed by atoms with Gasteiger partial charge in [-0.05, 0) is 104 Å². The third kappa shape index (κ3) is 7.98. The number of rotatable bonds is 10. The highest BCUT2D eigenvalue weighted by atomic mass is 16.7. The third-order valence-corrected chi connectivity index (χ3v) is 19.1. The summed E-state index contributed by atoms with van der Waals surface area (Å²) in [5, 5.41) is 117. The zero-order chi connectivity index (χ0) is 47.4. The van der Waals surface area contributed by atoms with E-state index in [1.807, 2.05) is 6.92 Å². The van der Waals surface area contributed by atoms with Crippen LogP contribution in [0.15, 0.2) is 11.6 Å². The van der Waals surface area contributed by atoms with Gasteiger partial charge in [-0.25, -0.2) is 0 Å². The smallest absolute Gasteiger partial charge is 0.310 e. The molecule has 7 fully saturated rings. The van der Waals surface area contributed by atoms with E-state index >= 15 is 0 Å². The number of aliphatic hydroxyl groups is 10. The van der Waals surface area contributed by atoms with Crippen LogP contribution in [0.5, 0.6) is 0 Å². The summed E-state index contributed by atoms with van der Waals surface area (Å²) in [6.45, 7) is 12.1. The molecule has 372 valence electrons. The van der Waals surface area contributed by atoms with Gasteiger partial charge < -0.3 is 84.6 Å². The number of carboxylic acids is 1. The maximum atomic E-state index is 13.2. The third-order valence-electron chi connectivity index (χ3n) is 19.1. The highest BCUT2D eigenvalue weighted by Crippen LogP contribution is 2.76. The standard InChI is InChI=1S/C47H76O18/c1-42(2)13-15-47(41(58)59)16-14-45(5)22(23(47)17-42)7-8-28-43(3)11-10-29(65-40-37(57)33(53)31(51)25(18-48)63-40)44(4,27(43)9-12-46(28,45)6)21-62-39-36(56)34(54)32(52)26(64-39)20-61-38-35(55)30(50)24(49)19-60-38/h7,23-40,48-57H,8-21H2,1-6H3,(H,58,59)/t23-,24+,25+,26+,27+,28+,29-,30-,31-,32-,33-,34-,35+,36+,37+,38-,39+,40-,43-,44-,45+,46+,47-/m0/s1. The Morgan fingerprint density at radius 3 is 2.00 bits per heavy atom. The van der Waals surface area contributed by atoms with Crippen molar-refractivity contribution in [3.05, 3.63) is 11.6 Å². The van der Waals surface area contributed by atoms with E-state index in [0.717, 1.165) is 32.1 Å². The molecule has 0 aromatic rings. The molecule has 0 bridgehead atoms. The van der Waals surface area contributed by atoms with Gasteiger partial charge in [0.2, 0.25) is 0 Å². The van der Waals surface area contributed by atoms with Crippen molar-refractivity contribution in [1.29, 1.82) is 0 Å². The minimum atomic E-state index is -1.75. The van der Waals surface area contributed by atoms with Crippen LogP contribution in [-0.2, 0) is 33.2 Å². The van der Waals surface area contributed by atoms with E-state index in [-0.39, 0.29) is 52.6 Å². The summed E-state index contributed by atoms with van der Waals surface area (Å²) in [6.07, 6.45) is -12.6. The molecule has 0 aromatic carbocycles. The largest absolute Gasteiger partial charge is 0.481 e. The highest BCUT2D eigenvalue weighted by molar-refractivity contribution is 5.76. The molecule has 4 saturated carbocycles. The van der Waals surface area contributed by atoms with E-state index in [2.05, 4.69) is 40.7 Å². The molecular formula is C47H76O18. The van der Waals surface area contributed by atoms with E-state index < -0.39 is 122 Å². The highest BCUT2D eigenvalue weighted by Gasteiger charge is 2.70. The van der Waals surface area contributed by atoms with Crippen molar-refractivity contribution < 1.29 is 89.4 Å². The van der Waals surface area contributed by atoms with Crippen molar-refractivity contribution in [3.8, 4) is 0 Å². The number of carbonyl (C=O) groups is 1. The molecule has 8 aliphatic rings. The van der Waals surface area contributed by atoms with Gasteiger partial charge in [-0.1, -0.05) is 53.2 Å². The Balaban J connectivity index is 1.09. The fraction of sp³-hybridized carbons (Fsp3) is 0.936. The van der Waals surface area contributed by atoms with Crippen LogP contribution >= 0.6 is 0 Å². The van der Waals surface area contributed by atoms with Gasteiger partial charge in [0.25, 0.3) is 0 Å². The van der Waals surface area contributed by atoms with Crippen molar-refractivity contribution in [2.75, 3.05) is 26.4 Å². The van der Waals surface area contributed by atoms with Gasteiger partial charge in [0.1, 0.15) is 67.1 Å². The average molecular weight is 929 g/mol. The Kier molecular flexibility index (Phi) is 13.7. The van der Waals surface area contributed by atoms with Gasteiger partial charge in [0, 0.05) is 5.41 Å². The predicted octanol–water partition coefficient (Wildman–Crippen LogP) is 0.318. The van der Waals surface area contributed by atoms with E-state index in [1.165, 1.54) is 5.57 Å². The Morgan fingerprint density at radius 2 is 1.32 bits per heavy atom. The summed E-state index contributed by atoms with van der Waals surface area (Å²) in [5.74, 6) is -0.733. The summed E-state index contributed by atoms with van der Waals surface area (Å²) in [7, 11) is 0. The number of aliphatic hydroxyl groups excluding tert-OH is 10. The van der Waals surface area contributed by atoms with Gasteiger partial charge in [-0.2, -0.15) is 0 Å². The van der Waals surface area contributed by atoms with Crippen LogP contribution in [0.1, 0.15) is 106 Å². The summed E-state index contributed by atoms with van der Waals surface area (Å²) in [6, 6.07) is 0. The van der Waals surface area contributed by atoms with Crippen LogP contribution in [0.4, 0.5) is 0 Å². The van der Waals surface area contributed by atoms with Gasteiger partial charge in [-0.15, -0.1) is 0 Å². The topological polar surface area (TPSA) is 295 Å². The van der Waals surface area contributed by atoms with Gasteiger partial charge in [0.05, 0.1) is 37.9 Å². The number of carboxylic acid groups (broad SMARTS) is 1. The SMILES string of the molecule is CC1(C)CC[C@]2(C(=O)O)CC[C@]3(C)C(=CC[C@@H]4[C@@]5(C)CC[C@H](O[C@@H]6O[C@H](CO)[C@H](O)[C@H](O)[C@H]6O)[C@@](C)(CO[C@@H]6O[C@H](CO[C@@H]7OC[C@@H](O)[C@H](O)[C@H]7O)[C@H](O)[C@H](O)[C@H]6O)[C@@H]5CC[C@]43C)[C@@H]2C1. The Bertz CT molecular complexity index is 1760.